The van der Waals surface area contributed by atoms with Gasteiger partial charge in [-0.3, -0.25) is 19.2 Å². The molecule has 6 aromatic rings. The Balaban J connectivity index is 1.11. The molecule has 0 atom stereocenters. The minimum absolute atomic E-state index is 0.0326. The first-order valence-electron chi connectivity index (χ1n) is 21.7. The molecule has 1 saturated heterocycles. The Labute approximate surface area is 398 Å². The van der Waals surface area contributed by atoms with E-state index in [1.54, 1.807) is 64.1 Å². The minimum Gasteiger partial charge on any atom is -0.336 e. The summed E-state index contributed by atoms with van der Waals surface area (Å²) in [5.74, 6) is -1.98. The van der Waals surface area contributed by atoms with Crippen LogP contribution in [0.4, 0.5) is 0 Å². The number of carbonyl (C=O) groups is 4. The van der Waals surface area contributed by atoms with Crippen molar-refractivity contribution in [3.8, 4) is 5.69 Å². The van der Waals surface area contributed by atoms with Gasteiger partial charge in [0.25, 0.3) is 33.7 Å². The van der Waals surface area contributed by atoms with Gasteiger partial charge in [-0.15, -0.1) is 0 Å². The van der Waals surface area contributed by atoms with E-state index in [2.05, 4.69) is 9.62 Å². The van der Waals surface area contributed by atoms with Crippen LogP contribution >= 0.6 is 34.8 Å². The van der Waals surface area contributed by atoms with E-state index in [1.807, 2.05) is 38.2 Å². The molecule has 1 aromatic heterocycles. The molecule has 0 radical (unpaired) electrons. The lowest BCUT2D eigenvalue weighted by Crippen LogP contribution is -2.47. The molecule has 17 heteroatoms. The van der Waals surface area contributed by atoms with E-state index in [-0.39, 0.29) is 44.9 Å². The van der Waals surface area contributed by atoms with Crippen molar-refractivity contribution in [2.75, 3.05) is 46.3 Å². The molecule has 0 aliphatic carbocycles. The van der Waals surface area contributed by atoms with E-state index in [0.717, 1.165) is 36.2 Å². The molecule has 0 saturated carbocycles. The van der Waals surface area contributed by atoms with Crippen molar-refractivity contribution in [1.29, 1.82) is 0 Å². The van der Waals surface area contributed by atoms with Gasteiger partial charge in [0.15, 0.2) is 5.69 Å². The Morgan fingerprint density at radius 3 is 2.23 bits per heavy atom. The number of nitrogens with one attached hydrogen (secondary N) is 1. The second-order valence-electron chi connectivity index (χ2n) is 16.7. The molecule has 0 spiro atoms. The standard InChI is InChI=1S/C49H48Cl3N7O6S/c1-4-5-19-57(29-32-10-16-41(50)42(51)25-32)49(63)45-44(52)31(2)59(53-45)43-17-14-35(28-40(43)48(62)58-20-18-33-8-6-7-9-37(33)30-58)46(60)54-66(64,65)39-15-13-34-11-12-36(26-38(34)27-39)47(61)56-23-21-55(3)22-24-56/h6-17,25-28H,4-5,18-24,29-30H2,1-3H3,(H,54,60). The van der Waals surface area contributed by atoms with Crippen LogP contribution in [0.2, 0.25) is 15.1 Å². The zero-order valence-electron chi connectivity index (χ0n) is 36.7. The Bertz CT molecular complexity index is 3010. The molecule has 13 nitrogen and oxygen atoms in total. The van der Waals surface area contributed by atoms with E-state index < -0.39 is 27.7 Å². The number of carbonyl (C=O) groups excluding carboxylic acids is 4. The van der Waals surface area contributed by atoms with Gasteiger partial charge in [0.1, 0.15) is 0 Å². The fourth-order valence-electron chi connectivity index (χ4n) is 8.29. The van der Waals surface area contributed by atoms with Crippen LogP contribution in [0.3, 0.4) is 0 Å². The third-order valence-corrected chi connectivity index (χ3v) is 14.7. The normalized spacial score (nSPS) is 14.3. The van der Waals surface area contributed by atoms with Crippen molar-refractivity contribution in [2.24, 2.45) is 0 Å². The van der Waals surface area contributed by atoms with Gasteiger partial charge in [0, 0.05) is 63.5 Å². The Hall–Kier alpha value is -5.77. The number of sulfonamides is 1. The number of amides is 4. The molecule has 66 heavy (non-hydrogen) atoms. The van der Waals surface area contributed by atoms with Crippen LogP contribution in [0.1, 0.15) is 83.7 Å². The summed E-state index contributed by atoms with van der Waals surface area (Å²) in [6, 6.07) is 26.8. The van der Waals surface area contributed by atoms with Gasteiger partial charge in [0.2, 0.25) is 0 Å². The van der Waals surface area contributed by atoms with E-state index >= 15 is 0 Å². The Morgan fingerprint density at radius 1 is 0.758 bits per heavy atom. The number of likely N-dealkylation sites (N-methyl/N-ethyl adjacent to an activating group) is 1. The summed E-state index contributed by atoms with van der Waals surface area (Å²) >= 11 is 19.4. The lowest BCUT2D eigenvalue weighted by Gasteiger charge is -2.32. The van der Waals surface area contributed by atoms with Crippen molar-refractivity contribution >= 4 is 79.2 Å². The molecule has 2 aliphatic heterocycles. The van der Waals surface area contributed by atoms with Gasteiger partial charge < -0.3 is 19.6 Å². The summed E-state index contributed by atoms with van der Waals surface area (Å²) in [5, 5.41) is 6.77. The van der Waals surface area contributed by atoms with Crippen LogP contribution in [-0.4, -0.2) is 108 Å². The first kappa shape index (κ1) is 46.7. The van der Waals surface area contributed by atoms with E-state index in [4.69, 9.17) is 39.9 Å². The predicted octanol–water partition coefficient (Wildman–Crippen LogP) is 8.44. The summed E-state index contributed by atoms with van der Waals surface area (Å²) in [4.78, 5) is 63.4. The molecule has 0 unspecified atom stereocenters. The lowest BCUT2D eigenvalue weighted by molar-refractivity contribution is 0.0663. The highest BCUT2D eigenvalue weighted by Gasteiger charge is 2.31. The molecule has 8 rings (SSSR count). The number of hydrogen-bond donors (Lipinski definition) is 1. The minimum atomic E-state index is -4.46. The van der Waals surface area contributed by atoms with Crippen LogP contribution in [-0.2, 0) is 29.5 Å². The summed E-state index contributed by atoms with van der Waals surface area (Å²) in [7, 11) is -2.45. The molecule has 0 bridgehead atoms. The van der Waals surface area contributed by atoms with E-state index in [1.165, 1.54) is 35.0 Å². The highest BCUT2D eigenvalue weighted by Crippen LogP contribution is 2.31. The van der Waals surface area contributed by atoms with Crippen LogP contribution in [0.5, 0.6) is 0 Å². The molecular weight excluding hydrogens is 921 g/mol. The third kappa shape index (κ3) is 9.84. The first-order valence-corrected chi connectivity index (χ1v) is 24.3. The highest BCUT2D eigenvalue weighted by molar-refractivity contribution is 7.90. The van der Waals surface area contributed by atoms with Crippen molar-refractivity contribution in [2.45, 2.75) is 51.1 Å². The number of aromatic nitrogens is 2. The van der Waals surface area contributed by atoms with Gasteiger partial charge in [0.05, 0.1) is 36.9 Å². The van der Waals surface area contributed by atoms with Crippen molar-refractivity contribution < 1.29 is 27.6 Å². The largest absolute Gasteiger partial charge is 0.336 e. The fourth-order valence-corrected chi connectivity index (χ4v) is 9.82. The number of halogens is 3. The van der Waals surface area contributed by atoms with Gasteiger partial charge in [-0.2, -0.15) is 5.10 Å². The van der Waals surface area contributed by atoms with Crippen LogP contribution in [0.15, 0.2) is 102 Å². The highest BCUT2D eigenvalue weighted by atomic mass is 35.5. The Kier molecular flexibility index (Phi) is 13.9. The number of fused-ring (bicyclic) bond motifs is 2. The first-order chi connectivity index (χ1) is 31.6. The SMILES string of the molecule is CCCCN(Cc1ccc(Cl)c(Cl)c1)C(=O)c1nn(-c2ccc(C(=O)NS(=O)(=O)c3ccc4ccc(C(=O)N5CCN(C)CC5)cc4c3)cc2C(=O)N2CCc3ccccc3C2)c(C)c1Cl. The number of rotatable bonds is 12. The average Bonchev–Trinajstić information content (AvgIpc) is 3.62. The molecular formula is C49H48Cl3N7O6S. The van der Waals surface area contributed by atoms with E-state index in [9.17, 15) is 27.6 Å². The number of nitrogens with zero attached hydrogens (tertiary/aromatic N) is 6. The lowest BCUT2D eigenvalue weighted by atomic mass is 9.98. The Morgan fingerprint density at radius 2 is 1.48 bits per heavy atom. The zero-order chi connectivity index (χ0) is 46.9. The second-order valence-corrected chi connectivity index (χ2v) is 19.6. The number of hydrogen-bond acceptors (Lipinski definition) is 8. The van der Waals surface area contributed by atoms with Crippen molar-refractivity contribution in [1.82, 2.24) is 34.1 Å². The summed E-state index contributed by atoms with van der Waals surface area (Å²) in [6.45, 7) is 7.68. The summed E-state index contributed by atoms with van der Waals surface area (Å²) in [6.07, 6.45) is 2.13. The smallest absolute Gasteiger partial charge is 0.276 e. The maximum absolute atomic E-state index is 14.7. The molecule has 342 valence electrons. The maximum Gasteiger partial charge on any atom is 0.276 e. The number of piperazine rings is 1. The van der Waals surface area contributed by atoms with Crippen LogP contribution in [0.25, 0.3) is 16.5 Å². The maximum atomic E-state index is 14.7. The van der Waals surface area contributed by atoms with Crippen LogP contribution < -0.4 is 4.72 Å². The number of unbranched alkanes of at least 4 members (excludes halogenated alkanes) is 1. The van der Waals surface area contributed by atoms with Gasteiger partial charge in [-0.1, -0.05) is 90.6 Å². The van der Waals surface area contributed by atoms with Crippen molar-refractivity contribution in [3.63, 3.8) is 0 Å². The molecule has 4 amide bonds. The number of benzene rings is 5. The molecule has 2 aliphatic rings. The molecule has 1 N–H and O–H groups in total. The summed E-state index contributed by atoms with van der Waals surface area (Å²) in [5.41, 5.74) is 3.80. The molecule has 5 aromatic carbocycles. The van der Waals surface area contributed by atoms with Gasteiger partial charge >= 0.3 is 0 Å². The van der Waals surface area contributed by atoms with Crippen LogP contribution in [0, 0.1) is 6.92 Å². The quantitative estimate of drug-likeness (QED) is 0.129. The van der Waals surface area contributed by atoms with E-state index in [0.29, 0.717) is 77.6 Å². The molecule has 1 fully saturated rings. The van der Waals surface area contributed by atoms with Gasteiger partial charge in [-0.25, -0.2) is 17.8 Å². The second kappa shape index (κ2) is 19.6. The topological polar surface area (TPSA) is 145 Å². The zero-order valence-corrected chi connectivity index (χ0v) is 39.8. The monoisotopic (exact) mass is 967 g/mol. The summed E-state index contributed by atoms with van der Waals surface area (Å²) < 4.78 is 31.4. The average molecular weight is 969 g/mol. The predicted molar refractivity (Wildman–Crippen MR) is 256 cm³/mol. The van der Waals surface area contributed by atoms with Gasteiger partial charge in [-0.05, 0) is 109 Å². The molecule has 3 heterocycles. The fraction of sp³-hybridized carbons (Fsp3) is 0.286. The van der Waals surface area contributed by atoms with Crippen molar-refractivity contribution in [3.05, 3.63) is 157 Å². The third-order valence-electron chi connectivity index (χ3n) is 12.2.